The molecule has 0 aliphatic heterocycles. The lowest BCUT2D eigenvalue weighted by Gasteiger charge is -2.00. The summed E-state index contributed by atoms with van der Waals surface area (Å²) in [4.78, 5) is 11.3. The Morgan fingerprint density at radius 1 is 0.929 bits per heavy atom. The van der Waals surface area contributed by atoms with Crippen LogP contribution >= 0.6 is 0 Å². The fraction of sp³-hybridized carbons (Fsp3) is 0.846. The molecule has 0 saturated carbocycles. The molecule has 0 spiro atoms. The van der Waals surface area contributed by atoms with Gasteiger partial charge in [0.1, 0.15) is 5.78 Å². The molecule has 0 aromatic rings. The van der Waals surface area contributed by atoms with Gasteiger partial charge in [-0.25, -0.2) is 0 Å². The van der Waals surface area contributed by atoms with Crippen molar-refractivity contribution in [1.82, 2.24) is 0 Å². The lowest BCUT2D eigenvalue weighted by atomic mass is 10.0. The maximum atomic E-state index is 11.3. The second kappa shape index (κ2) is 10.7. The minimum Gasteiger partial charge on any atom is -0.299 e. The van der Waals surface area contributed by atoms with E-state index in [0.29, 0.717) is 5.78 Å². The molecule has 1 nitrogen and oxygen atoms in total. The number of ketones is 1. The van der Waals surface area contributed by atoms with E-state index in [1.54, 1.807) is 0 Å². The van der Waals surface area contributed by atoms with Gasteiger partial charge in [-0.1, -0.05) is 52.4 Å². The molecule has 0 aromatic carbocycles. The molecule has 14 heavy (non-hydrogen) atoms. The van der Waals surface area contributed by atoms with Gasteiger partial charge in [-0.15, -0.1) is 0 Å². The molecular weight excluding hydrogens is 172 g/mol. The van der Waals surface area contributed by atoms with Crippen molar-refractivity contribution < 1.29 is 4.79 Å². The number of rotatable bonds is 10. The molecule has 0 rings (SSSR count). The van der Waals surface area contributed by atoms with E-state index in [4.69, 9.17) is 0 Å². The SMILES string of the molecule is CCCCCC[CH]C(=O)CCCCC. The van der Waals surface area contributed by atoms with Gasteiger partial charge >= 0.3 is 0 Å². The van der Waals surface area contributed by atoms with Crippen molar-refractivity contribution in [3.8, 4) is 0 Å². The Kier molecular flexibility index (Phi) is 10.5. The van der Waals surface area contributed by atoms with Crippen molar-refractivity contribution in [1.29, 1.82) is 0 Å². The van der Waals surface area contributed by atoms with E-state index in [9.17, 15) is 4.79 Å². The summed E-state index contributed by atoms with van der Waals surface area (Å²) in [6.07, 6.45) is 12.1. The Bertz CT molecular complexity index is 129. The zero-order chi connectivity index (χ0) is 10.6. The number of Topliss-reactive ketones (excluding diaryl/α,β-unsaturated/α-hetero) is 1. The summed E-state index contributed by atoms with van der Waals surface area (Å²) in [5.74, 6) is 0.356. The lowest BCUT2D eigenvalue weighted by molar-refractivity contribution is -0.116. The maximum Gasteiger partial charge on any atom is 0.136 e. The van der Waals surface area contributed by atoms with Crippen LogP contribution in [-0.4, -0.2) is 5.78 Å². The van der Waals surface area contributed by atoms with Crippen LogP contribution < -0.4 is 0 Å². The van der Waals surface area contributed by atoms with Crippen LogP contribution in [-0.2, 0) is 4.79 Å². The molecule has 0 unspecified atom stereocenters. The number of carbonyl (C=O) groups excluding carboxylic acids is 1. The normalized spacial score (nSPS) is 10.4. The summed E-state index contributed by atoms with van der Waals surface area (Å²) in [5.41, 5.74) is 0. The van der Waals surface area contributed by atoms with Crippen molar-refractivity contribution in [2.45, 2.75) is 71.6 Å². The summed E-state index contributed by atoms with van der Waals surface area (Å²) in [6, 6.07) is 0. The van der Waals surface area contributed by atoms with E-state index in [-0.39, 0.29) is 0 Å². The van der Waals surface area contributed by atoms with Crippen molar-refractivity contribution in [3.63, 3.8) is 0 Å². The molecule has 0 heterocycles. The molecule has 1 radical (unpaired) electrons. The molecule has 0 N–H and O–H groups in total. The molecule has 1 heteroatoms. The van der Waals surface area contributed by atoms with Gasteiger partial charge in [0.15, 0.2) is 0 Å². The van der Waals surface area contributed by atoms with Gasteiger partial charge in [-0.2, -0.15) is 0 Å². The van der Waals surface area contributed by atoms with Gasteiger partial charge in [-0.05, 0) is 12.8 Å². The Morgan fingerprint density at radius 3 is 2.21 bits per heavy atom. The van der Waals surface area contributed by atoms with Crippen LogP contribution in [0.25, 0.3) is 0 Å². The molecule has 83 valence electrons. The highest BCUT2D eigenvalue weighted by atomic mass is 16.1. The van der Waals surface area contributed by atoms with E-state index in [1.807, 2.05) is 6.42 Å². The Balaban J connectivity index is 3.10. The van der Waals surface area contributed by atoms with Crippen LogP contribution in [0.1, 0.15) is 71.6 Å². The van der Waals surface area contributed by atoms with Crippen molar-refractivity contribution >= 4 is 5.78 Å². The maximum absolute atomic E-state index is 11.3. The lowest BCUT2D eigenvalue weighted by Crippen LogP contribution is -1.98. The van der Waals surface area contributed by atoms with E-state index >= 15 is 0 Å². The molecule has 0 aliphatic rings. The van der Waals surface area contributed by atoms with Crippen molar-refractivity contribution in [2.75, 3.05) is 0 Å². The predicted molar refractivity (Wildman–Crippen MR) is 62.2 cm³/mol. The third kappa shape index (κ3) is 9.76. The number of carbonyl (C=O) groups is 1. The number of hydrogen-bond acceptors (Lipinski definition) is 1. The number of hydrogen-bond donors (Lipinski definition) is 0. The van der Waals surface area contributed by atoms with Crippen molar-refractivity contribution in [3.05, 3.63) is 6.42 Å². The first-order valence-electron chi connectivity index (χ1n) is 6.17. The summed E-state index contributed by atoms with van der Waals surface area (Å²) >= 11 is 0. The van der Waals surface area contributed by atoms with Gasteiger partial charge in [0, 0.05) is 12.8 Å². The summed E-state index contributed by atoms with van der Waals surface area (Å²) in [7, 11) is 0. The standard InChI is InChI=1S/C13H25O/c1-3-5-7-8-10-12-13(14)11-9-6-4-2/h12H,3-11H2,1-2H3. The highest BCUT2D eigenvalue weighted by Crippen LogP contribution is 2.07. The Morgan fingerprint density at radius 2 is 1.57 bits per heavy atom. The Hall–Kier alpha value is -0.330. The van der Waals surface area contributed by atoms with Crippen LogP contribution in [0.4, 0.5) is 0 Å². The first-order chi connectivity index (χ1) is 6.81. The van der Waals surface area contributed by atoms with Crippen LogP contribution in [0, 0.1) is 6.42 Å². The van der Waals surface area contributed by atoms with Gasteiger partial charge in [0.25, 0.3) is 0 Å². The average Bonchev–Trinajstić information content (AvgIpc) is 2.18. The van der Waals surface area contributed by atoms with E-state index < -0.39 is 0 Å². The van der Waals surface area contributed by atoms with Gasteiger partial charge < -0.3 is 0 Å². The van der Waals surface area contributed by atoms with Gasteiger partial charge in [0.05, 0.1) is 0 Å². The second-order valence-corrected chi connectivity index (χ2v) is 3.98. The van der Waals surface area contributed by atoms with Crippen LogP contribution in [0.3, 0.4) is 0 Å². The molecule has 0 atom stereocenters. The predicted octanol–water partition coefficient (Wildman–Crippen LogP) is 4.31. The molecule has 0 fully saturated rings. The van der Waals surface area contributed by atoms with Crippen LogP contribution in [0.2, 0.25) is 0 Å². The summed E-state index contributed by atoms with van der Waals surface area (Å²) in [6.45, 7) is 4.37. The molecule has 0 saturated heterocycles. The monoisotopic (exact) mass is 197 g/mol. The fourth-order valence-electron chi connectivity index (χ4n) is 1.49. The first kappa shape index (κ1) is 13.7. The van der Waals surface area contributed by atoms with Gasteiger partial charge in [-0.3, -0.25) is 4.79 Å². The third-order valence-electron chi connectivity index (χ3n) is 2.46. The molecule has 0 aliphatic carbocycles. The summed E-state index contributed by atoms with van der Waals surface area (Å²) < 4.78 is 0. The minimum atomic E-state index is 0.356. The average molecular weight is 197 g/mol. The van der Waals surface area contributed by atoms with Gasteiger partial charge in [0.2, 0.25) is 0 Å². The topological polar surface area (TPSA) is 17.1 Å². The smallest absolute Gasteiger partial charge is 0.136 e. The second-order valence-electron chi connectivity index (χ2n) is 3.98. The highest BCUT2D eigenvalue weighted by molar-refractivity contribution is 5.86. The molecule has 0 bridgehead atoms. The zero-order valence-electron chi connectivity index (χ0n) is 9.85. The van der Waals surface area contributed by atoms with Crippen LogP contribution in [0.15, 0.2) is 0 Å². The summed E-state index contributed by atoms with van der Waals surface area (Å²) in [5, 5.41) is 0. The fourth-order valence-corrected chi connectivity index (χ4v) is 1.49. The molecule has 0 amide bonds. The van der Waals surface area contributed by atoms with E-state index in [0.717, 1.165) is 19.3 Å². The highest BCUT2D eigenvalue weighted by Gasteiger charge is 2.01. The largest absolute Gasteiger partial charge is 0.299 e. The quantitative estimate of drug-likeness (QED) is 0.477. The first-order valence-corrected chi connectivity index (χ1v) is 6.17. The van der Waals surface area contributed by atoms with E-state index in [2.05, 4.69) is 13.8 Å². The van der Waals surface area contributed by atoms with Crippen molar-refractivity contribution in [2.24, 2.45) is 0 Å². The number of unbranched alkanes of at least 4 members (excludes halogenated alkanes) is 6. The third-order valence-corrected chi connectivity index (χ3v) is 2.46. The Labute approximate surface area is 89.3 Å². The zero-order valence-corrected chi connectivity index (χ0v) is 9.85. The van der Waals surface area contributed by atoms with Crippen LogP contribution in [0.5, 0.6) is 0 Å². The minimum absolute atomic E-state index is 0.356. The molecule has 0 aromatic heterocycles. The molecular formula is C13H25O. The van der Waals surface area contributed by atoms with E-state index in [1.165, 1.54) is 38.5 Å².